The Morgan fingerprint density at radius 1 is 0.857 bits per heavy atom. The molecule has 0 spiro atoms. The van der Waals surface area contributed by atoms with E-state index in [0.717, 1.165) is 0 Å². The number of hydrogen-bond acceptors (Lipinski definition) is 8. The van der Waals surface area contributed by atoms with E-state index in [9.17, 15) is 9.59 Å². The molecule has 6 N–H and O–H groups in total. The minimum atomic E-state index is -0.453. The number of carbonyl (C=O) groups excluding carboxylic acids is 2. The van der Waals surface area contributed by atoms with Gasteiger partial charge in [-0.2, -0.15) is 0 Å². The van der Waals surface area contributed by atoms with Crippen LogP contribution in [0.25, 0.3) is 0 Å². The molecule has 14 nitrogen and oxygen atoms in total. The topological polar surface area (TPSA) is 191 Å². The second kappa shape index (κ2) is 7.31. The van der Waals surface area contributed by atoms with Gasteiger partial charge in [-0.3, -0.25) is 10.6 Å². The van der Waals surface area contributed by atoms with Gasteiger partial charge in [0, 0.05) is 13.1 Å². The number of anilines is 2. The molecule has 0 saturated heterocycles. The highest BCUT2D eigenvalue weighted by atomic mass is 16.2. The van der Waals surface area contributed by atoms with Crippen LogP contribution in [-0.4, -0.2) is 66.4 Å². The molecule has 2 rings (SSSR count). The van der Waals surface area contributed by atoms with Crippen molar-refractivity contribution < 1.29 is 9.59 Å². The van der Waals surface area contributed by atoms with E-state index < -0.39 is 12.1 Å². The number of tetrazole rings is 2. The molecule has 2 aromatic heterocycles. The number of aromatic amines is 2. The molecule has 112 valence electrons. The van der Waals surface area contributed by atoms with Crippen molar-refractivity contribution >= 4 is 24.0 Å². The smallest absolute Gasteiger partial charge is 0.321 e. The zero-order valence-corrected chi connectivity index (χ0v) is 10.6. The Morgan fingerprint density at radius 2 is 1.33 bits per heavy atom. The van der Waals surface area contributed by atoms with Crippen LogP contribution in [0.15, 0.2) is 0 Å². The minimum Gasteiger partial charge on any atom is -0.338 e. The molecule has 0 unspecified atom stereocenters. The largest absolute Gasteiger partial charge is 0.338 e. The van der Waals surface area contributed by atoms with E-state index in [1.165, 1.54) is 0 Å². The van der Waals surface area contributed by atoms with E-state index >= 15 is 0 Å². The molecular weight excluding hydrogens is 284 g/mol. The lowest BCUT2D eigenvalue weighted by Gasteiger charge is -2.06. The van der Waals surface area contributed by atoms with Gasteiger partial charge in [-0.15, -0.1) is 0 Å². The summed E-state index contributed by atoms with van der Waals surface area (Å²) in [7, 11) is 0. The molecule has 2 heterocycles. The number of amides is 4. The maximum Gasteiger partial charge on any atom is 0.321 e. The van der Waals surface area contributed by atoms with E-state index in [1.54, 1.807) is 0 Å². The van der Waals surface area contributed by atoms with Gasteiger partial charge in [-0.05, 0) is 27.3 Å². The minimum absolute atomic E-state index is 0.144. The fourth-order valence-electron chi connectivity index (χ4n) is 1.22. The molecule has 0 atom stereocenters. The van der Waals surface area contributed by atoms with Crippen LogP contribution >= 0.6 is 0 Å². The highest BCUT2D eigenvalue weighted by Gasteiger charge is 2.05. The van der Waals surface area contributed by atoms with Gasteiger partial charge in [0.25, 0.3) is 0 Å². The van der Waals surface area contributed by atoms with Crippen molar-refractivity contribution in [2.45, 2.75) is 6.42 Å². The normalized spacial score (nSPS) is 9.90. The van der Waals surface area contributed by atoms with Gasteiger partial charge in [0.2, 0.25) is 11.9 Å². The Bertz CT molecular complexity index is 500. The highest BCUT2D eigenvalue weighted by Crippen LogP contribution is 1.90. The third-order valence-electron chi connectivity index (χ3n) is 2.08. The Morgan fingerprint density at radius 3 is 1.71 bits per heavy atom. The lowest BCUT2D eigenvalue weighted by atomic mass is 10.4. The first-order chi connectivity index (χ1) is 10.2. The van der Waals surface area contributed by atoms with Crippen molar-refractivity contribution in [2.75, 3.05) is 23.7 Å². The van der Waals surface area contributed by atoms with Crippen LogP contribution in [0.1, 0.15) is 6.42 Å². The summed E-state index contributed by atoms with van der Waals surface area (Å²) < 4.78 is 0. The summed E-state index contributed by atoms with van der Waals surface area (Å²) in [6.07, 6.45) is 0.532. The fourth-order valence-corrected chi connectivity index (χ4v) is 1.22. The monoisotopic (exact) mass is 296 g/mol. The van der Waals surface area contributed by atoms with Gasteiger partial charge in [-0.1, -0.05) is 10.2 Å². The van der Waals surface area contributed by atoms with Crippen molar-refractivity contribution in [3.8, 4) is 0 Å². The molecule has 2 aromatic rings. The lowest BCUT2D eigenvalue weighted by molar-refractivity contribution is 0.251. The summed E-state index contributed by atoms with van der Waals surface area (Å²) in [5.74, 6) is 0.288. The van der Waals surface area contributed by atoms with Crippen molar-refractivity contribution in [1.82, 2.24) is 51.9 Å². The highest BCUT2D eigenvalue weighted by molar-refractivity contribution is 5.87. The maximum atomic E-state index is 11.4. The van der Waals surface area contributed by atoms with Crippen LogP contribution in [0.5, 0.6) is 0 Å². The summed E-state index contributed by atoms with van der Waals surface area (Å²) >= 11 is 0. The first-order valence-electron chi connectivity index (χ1n) is 5.81. The zero-order chi connectivity index (χ0) is 14.9. The number of urea groups is 2. The average Bonchev–Trinajstić information content (AvgIpc) is 3.12. The van der Waals surface area contributed by atoms with Gasteiger partial charge >= 0.3 is 12.1 Å². The molecule has 14 heteroatoms. The van der Waals surface area contributed by atoms with E-state index in [-0.39, 0.29) is 11.9 Å². The quantitative estimate of drug-likeness (QED) is 0.331. The Kier molecular flexibility index (Phi) is 4.91. The third-order valence-corrected chi connectivity index (χ3v) is 2.08. The second-order valence-electron chi connectivity index (χ2n) is 3.62. The molecule has 0 aliphatic heterocycles. The third kappa shape index (κ3) is 5.05. The molecular formula is C7H12N12O2. The second-order valence-corrected chi connectivity index (χ2v) is 3.62. The van der Waals surface area contributed by atoms with Gasteiger partial charge in [-0.25, -0.2) is 19.8 Å². The first-order valence-corrected chi connectivity index (χ1v) is 5.81. The zero-order valence-electron chi connectivity index (χ0n) is 10.6. The van der Waals surface area contributed by atoms with Crippen LogP contribution in [0, 0.1) is 0 Å². The Hall–Kier alpha value is -3.32. The maximum absolute atomic E-state index is 11.4. The van der Waals surface area contributed by atoms with Crippen molar-refractivity contribution in [2.24, 2.45) is 0 Å². The number of H-pyrrole nitrogens is 2. The SMILES string of the molecule is O=C(NCCCNC(=O)Nc1nnn[nH]1)Nc1nnn[nH]1. The van der Waals surface area contributed by atoms with Crippen LogP contribution in [-0.2, 0) is 0 Å². The van der Waals surface area contributed by atoms with E-state index in [2.05, 4.69) is 62.5 Å². The lowest BCUT2D eigenvalue weighted by Crippen LogP contribution is -2.34. The summed E-state index contributed by atoms with van der Waals surface area (Å²) in [6, 6.07) is -0.906. The molecule has 0 saturated carbocycles. The molecule has 21 heavy (non-hydrogen) atoms. The van der Waals surface area contributed by atoms with E-state index in [1.807, 2.05) is 0 Å². The number of nitrogens with zero attached hydrogens (tertiary/aromatic N) is 6. The summed E-state index contributed by atoms with van der Waals surface area (Å²) in [6.45, 7) is 0.717. The molecule has 0 fully saturated rings. The van der Waals surface area contributed by atoms with Gasteiger partial charge in [0.15, 0.2) is 0 Å². The number of hydrogen-bond donors (Lipinski definition) is 6. The molecule has 0 aliphatic rings. The number of rotatable bonds is 6. The van der Waals surface area contributed by atoms with Crippen LogP contribution in [0.2, 0.25) is 0 Å². The number of aromatic nitrogens is 8. The molecule has 0 bridgehead atoms. The van der Waals surface area contributed by atoms with Crippen molar-refractivity contribution in [3.63, 3.8) is 0 Å². The van der Waals surface area contributed by atoms with Crippen LogP contribution in [0.3, 0.4) is 0 Å². The molecule has 0 aliphatic carbocycles. The average molecular weight is 296 g/mol. The van der Waals surface area contributed by atoms with Gasteiger partial charge in [0.05, 0.1) is 0 Å². The van der Waals surface area contributed by atoms with E-state index in [0.29, 0.717) is 19.5 Å². The van der Waals surface area contributed by atoms with Gasteiger partial charge < -0.3 is 10.6 Å². The summed E-state index contributed by atoms with van der Waals surface area (Å²) in [5.41, 5.74) is 0. The molecule has 0 aromatic carbocycles. The van der Waals surface area contributed by atoms with Crippen molar-refractivity contribution in [1.29, 1.82) is 0 Å². The first kappa shape index (κ1) is 14.1. The Balaban J connectivity index is 1.51. The standard InChI is InChI=1S/C7H12N12O2/c20-6(10-4-12-16-17-13-4)8-2-1-3-9-7(21)11-5-14-18-19-15-5/h1-3H2,(H3,8,10,12,13,16,17,20)(H3,9,11,14,15,18,19,21). The molecule has 0 radical (unpaired) electrons. The predicted molar refractivity (Wildman–Crippen MR) is 67.0 cm³/mol. The van der Waals surface area contributed by atoms with Crippen molar-refractivity contribution in [3.05, 3.63) is 0 Å². The van der Waals surface area contributed by atoms with Crippen LogP contribution in [0.4, 0.5) is 21.5 Å². The van der Waals surface area contributed by atoms with E-state index in [4.69, 9.17) is 0 Å². The number of carbonyl (C=O) groups is 2. The predicted octanol–water partition coefficient (Wildman–Crippen LogP) is -1.95. The summed E-state index contributed by atoms with van der Waals surface area (Å²) in [5, 5.41) is 34.8. The van der Waals surface area contributed by atoms with Gasteiger partial charge in [0.1, 0.15) is 0 Å². The van der Waals surface area contributed by atoms with Crippen LogP contribution < -0.4 is 21.3 Å². The Labute approximate surface area is 116 Å². The fraction of sp³-hybridized carbons (Fsp3) is 0.429. The molecule has 4 amide bonds. The summed E-state index contributed by atoms with van der Waals surface area (Å²) in [4.78, 5) is 22.7. The number of nitrogens with one attached hydrogen (secondary N) is 6.